The van der Waals surface area contributed by atoms with E-state index in [4.69, 9.17) is 0 Å². The Kier molecular flexibility index (Phi) is 4.51. The van der Waals surface area contributed by atoms with Crippen molar-refractivity contribution in [2.45, 2.75) is 37.3 Å². The number of nitrogens with zero attached hydrogens (tertiary/aromatic N) is 4. The Labute approximate surface area is 121 Å². The summed E-state index contributed by atoms with van der Waals surface area (Å²) in [5.41, 5.74) is 0.709. The molecule has 114 valence electrons. The van der Waals surface area contributed by atoms with Gasteiger partial charge in [0.05, 0.1) is 6.20 Å². The Morgan fingerprint density at radius 3 is 2.55 bits per heavy atom. The summed E-state index contributed by atoms with van der Waals surface area (Å²) in [7, 11) is 2.35. The Hall–Kier alpha value is -0.920. The van der Waals surface area contributed by atoms with Crippen LogP contribution in [0.25, 0.3) is 0 Å². The molecule has 1 atom stereocenters. The zero-order chi connectivity index (χ0) is 14.9. The second-order valence-electron chi connectivity index (χ2n) is 5.71. The van der Waals surface area contributed by atoms with Crippen LogP contribution in [0.2, 0.25) is 0 Å². The van der Waals surface area contributed by atoms with Crippen LogP contribution in [-0.4, -0.2) is 60.6 Å². The average molecular weight is 300 g/mol. The van der Waals surface area contributed by atoms with Crippen molar-refractivity contribution in [1.82, 2.24) is 19.0 Å². The molecule has 1 saturated heterocycles. The highest BCUT2D eigenvalue weighted by Crippen LogP contribution is 2.23. The summed E-state index contributed by atoms with van der Waals surface area (Å²) >= 11 is 0. The molecule has 2 heterocycles. The molecule has 0 amide bonds. The molecule has 1 aliphatic rings. The fourth-order valence-corrected chi connectivity index (χ4v) is 4.64. The molecule has 0 bridgehead atoms. The molecular weight excluding hydrogens is 276 g/mol. The van der Waals surface area contributed by atoms with Gasteiger partial charge in [0.15, 0.2) is 5.03 Å². The molecule has 0 saturated carbocycles. The lowest BCUT2D eigenvalue weighted by Crippen LogP contribution is -2.35. The predicted octanol–water partition coefficient (Wildman–Crippen LogP) is 0.833. The van der Waals surface area contributed by atoms with Gasteiger partial charge in [0, 0.05) is 31.7 Å². The van der Waals surface area contributed by atoms with Crippen molar-refractivity contribution >= 4 is 10.0 Å². The number of sulfonamides is 1. The van der Waals surface area contributed by atoms with Crippen molar-refractivity contribution in [3.8, 4) is 0 Å². The maximum atomic E-state index is 12.8. The molecule has 0 radical (unpaired) electrons. The lowest BCUT2D eigenvalue weighted by molar-refractivity contribution is 0.268. The van der Waals surface area contributed by atoms with Crippen LogP contribution in [0.5, 0.6) is 0 Å². The number of hydrogen-bond donors (Lipinski definition) is 0. The molecule has 0 N–H and O–H groups in total. The monoisotopic (exact) mass is 300 g/mol. The normalized spacial score (nSPS) is 22.1. The largest absolute Gasteiger partial charge is 0.306 e. The summed E-state index contributed by atoms with van der Waals surface area (Å²) in [5, 5.41) is 4.37. The first-order valence-corrected chi connectivity index (χ1v) is 8.43. The Morgan fingerprint density at radius 1 is 1.30 bits per heavy atom. The van der Waals surface area contributed by atoms with Crippen molar-refractivity contribution in [3.05, 3.63) is 11.8 Å². The van der Waals surface area contributed by atoms with E-state index in [1.54, 1.807) is 24.5 Å². The van der Waals surface area contributed by atoms with Gasteiger partial charge in [0.25, 0.3) is 10.0 Å². The van der Waals surface area contributed by atoms with E-state index in [0.717, 1.165) is 19.3 Å². The van der Waals surface area contributed by atoms with Crippen LogP contribution in [0, 0.1) is 6.92 Å². The Bertz CT molecular complexity index is 545. The summed E-state index contributed by atoms with van der Waals surface area (Å²) in [5.74, 6) is 0. The Balaban J connectivity index is 2.23. The van der Waals surface area contributed by atoms with Crippen LogP contribution >= 0.6 is 0 Å². The summed E-state index contributed by atoms with van der Waals surface area (Å²) in [6.45, 7) is 2.97. The molecular formula is C13H24N4O2S. The molecule has 2 rings (SSSR count). The van der Waals surface area contributed by atoms with Crippen molar-refractivity contribution < 1.29 is 8.42 Å². The zero-order valence-corrected chi connectivity index (χ0v) is 13.5. The second-order valence-corrected chi connectivity index (χ2v) is 7.56. The van der Waals surface area contributed by atoms with Gasteiger partial charge in [0.2, 0.25) is 0 Å². The first-order valence-electron chi connectivity index (χ1n) is 6.99. The standard InChI is InChI=1S/C13H24N4O2S/c1-11-10-14-16(4)13(11)20(18,19)17-8-5-6-12(7-9-17)15(2)3/h10,12H,5-9H2,1-4H3. The number of aromatic nitrogens is 2. The molecule has 1 aromatic rings. The smallest absolute Gasteiger partial charge is 0.260 e. The van der Waals surface area contributed by atoms with E-state index >= 15 is 0 Å². The van der Waals surface area contributed by atoms with E-state index in [-0.39, 0.29) is 0 Å². The molecule has 6 nitrogen and oxygen atoms in total. The first kappa shape index (κ1) is 15.5. The average Bonchev–Trinajstić information content (AvgIpc) is 2.60. The highest BCUT2D eigenvalue weighted by atomic mass is 32.2. The highest BCUT2D eigenvalue weighted by molar-refractivity contribution is 7.89. The van der Waals surface area contributed by atoms with Crippen LogP contribution in [0.1, 0.15) is 24.8 Å². The predicted molar refractivity (Wildman–Crippen MR) is 78.0 cm³/mol. The van der Waals surface area contributed by atoms with Gasteiger partial charge in [-0.2, -0.15) is 9.40 Å². The van der Waals surface area contributed by atoms with E-state index in [1.165, 1.54) is 4.68 Å². The number of aryl methyl sites for hydroxylation is 2. The molecule has 1 aliphatic heterocycles. The molecule has 0 aromatic carbocycles. The third-order valence-corrected chi connectivity index (χ3v) is 6.15. The van der Waals surface area contributed by atoms with Crippen molar-refractivity contribution in [3.63, 3.8) is 0 Å². The molecule has 1 fully saturated rings. The minimum atomic E-state index is -3.44. The maximum Gasteiger partial charge on any atom is 0.260 e. The molecule has 7 heteroatoms. The van der Waals surface area contributed by atoms with Gasteiger partial charge in [-0.05, 0) is 40.3 Å². The fourth-order valence-electron chi connectivity index (χ4n) is 2.84. The van der Waals surface area contributed by atoms with E-state index in [9.17, 15) is 8.42 Å². The van der Waals surface area contributed by atoms with E-state index in [2.05, 4.69) is 24.1 Å². The summed E-state index contributed by atoms with van der Waals surface area (Å²) in [6.07, 6.45) is 4.43. The minimum Gasteiger partial charge on any atom is -0.306 e. The maximum absolute atomic E-state index is 12.8. The van der Waals surface area contributed by atoms with Gasteiger partial charge in [-0.3, -0.25) is 4.68 Å². The highest BCUT2D eigenvalue weighted by Gasteiger charge is 2.31. The zero-order valence-electron chi connectivity index (χ0n) is 12.7. The summed E-state index contributed by atoms with van der Waals surface area (Å²) < 4.78 is 28.6. The number of rotatable bonds is 3. The summed E-state index contributed by atoms with van der Waals surface area (Å²) in [4.78, 5) is 2.19. The third kappa shape index (κ3) is 2.89. The van der Waals surface area contributed by atoms with Gasteiger partial charge in [-0.1, -0.05) is 0 Å². The van der Waals surface area contributed by atoms with Crippen molar-refractivity contribution in [2.24, 2.45) is 7.05 Å². The lowest BCUT2D eigenvalue weighted by atomic mass is 10.1. The SMILES string of the molecule is Cc1cnn(C)c1S(=O)(=O)N1CCCC(N(C)C)CC1. The van der Waals surface area contributed by atoms with Crippen LogP contribution < -0.4 is 0 Å². The van der Waals surface area contributed by atoms with E-state index < -0.39 is 10.0 Å². The molecule has 0 spiro atoms. The van der Waals surface area contributed by atoms with Gasteiger partial charge in [-0.15, -0.1) is 0 Å². The van der Waals surface area contributed by atoms with Gasteiger partial charge < -0.3 is 4.90 Å². The van der Waals surface area contributed by atoms with Crippen LogP contribution in [0.15, 0.2) is 11.2 Å². The van der Waals surface area contributed by atoms with Crippen LogP contribution in [-0.2, 0) is 17.1 Å². The quantitative estimate of drug-likeness (QED) is 0.830. The second kappa shape index (κ2) is 5.83. The van der Waals surface area contributed by atoms with Crippen LogP contribution in [0.4, 0.5) is 0 Å². The third-order valence-electron chi connectivity index (χ3n) is 4.03. The van der Waals surface area contributed by atoms with Gasteiger partial charge in [0.1, 0.15) is 0 Å². The summed E-state index contributed by atoms with van der Waals surface area (Å²) in [6, 6.07) is 0.461. The van der Waals surface area contributed by atoms with E-state index in [0.29, 0.717) is 29.7 Å². The molecule has 20 heavy (non-hydrogen) atoms. The van der Waals surface area contributed by atoms with Crippen LogP contribution in [0.3, 0.4) is 0 Å². The first-order chi connectivity index (χ1) is 9.34. The molecule has 1 unspecified atom stereocenters. The number of hydrogen-bond acceptors (Lipinski definition) is 4. The minimum absolute atomic E-state index is 0.320. The van der Waals surface area contributed by atoms with Gasteiger partial charge >= 0.3 is 0 Å². The fraction of sp³-hybridized carbons (Fsp3) is 0.769. The Morgan fingerprint density at radius 2 is 2.00 bits per heavy atom. The molecule has 1 aromatic heterocycles. The lowest BCUT2D eigenvalue weighted by Gasteiger charge is -2.23. The molecule has 0 aliphatic carbocycles. The van der Waals surface area contributed by atoms with Crippen molar-refractivity contribution in [1.29, 1.82) is 0 Å². The topological polar surface area (TPSA) is 58.4 Å². The van der Waals surface area contributed by atoms with E-state index in [1.807, 2.05) is 0 Å². The van der Waals surface area contributed by atoms with Gasteiger partial charge in [-0.25, -0.2) is 8.42 Å². The van der Waals surface area contributed by atoms with Crippen molar-refractivity contribution in [2.75, 3.05) is 27.2 Å².